The summed E-state index contributed by atoms with van der Waals surface area (Å²) in [6, 6.07) is 4.13. The van der Waals surface area contributed by atoms with E-state index >= 15 is 0 Å². The van der Waals surface area contributed by atoms with Gasteiger partial charge in [0.1, 0.15) is 4.21 Å². The van der Waals surface area contributed by atoms with Gasteiger partial charge in [0.2, 0.25) is 0 Å². The number of fused-ring (bicyclic) bond motifs is 5. The second-order valence-corrected chi connectivity index (χ2v) is 9.26. The highest BCUT2D eigenvalue weighted by Gasteiger charge is 2.58. The van der Waals surface area contributed by atoms with Crippen molar-refractivity contribution in [3.05, 3.63) is 17.0 Å². The summed E-state index contributed by atoms with van der Waals surface area (Å²) in [5.41, 5.74) is 0. The number of sulfonamides is 1. The first kappa shape index (κ1) is 14.8. The van der Waals surface area contributed by atoms with E-state index < -0.39 is 10.0 Å². The summed E-state index contributed by atoms with van der Waals surface area (Å²) in [5, 5.41) is 3.42. The molecule has 4 rings (SSSR count). The Morgan fingerprint density at radius 2 is 1.80 bits per heavy atom. The molecule has 4 heterocycles. The lowest BCUT2D eigenvalue weighted by atomic mass is 9.82. The highest BCUT2D eigenvalue weighted by molar-refractivity contribution is 7.91. The van der Waals surface area contributed by atoms with Crippen LogP contribution in [0.4, 0.5) is 0 Å². The van der Waals surface area contributed by atoms with Crippen LogP contribution in [0.5, 0.6) is 0 Å². The second-order valence-electron chi connectivity index (χ2n) is 5.90. The molecule has 3 aliphatic heterocycles. The Morgan fingerprint density at radius 3 is 2.30 bits per heavy atom. The van der Waals surface area contributed by atoms with Crippen molar-refractivity contribution in [3.8, 4) is 0 Å². The van der Waals surface area contributed by atoms with Crippen molar-refractivity contribution in [1.29, 1.82) is 0 Å². The van der Waals surface area contributed by atoms with E-state index in [0.717, 1.165) is 30.8 Å². The fraction of sp³-hybridized carbons (Fsp3) is 0.692. The lowest BCUT2D eigenvalue weighted by Gasteiger charge is -2.23. The van der Waals surface area contributed by atoms with E-state index in [9.17, 15) is 8.42 Å². The predicted molar refractivity (Wildman–Crippen MR) is 82.0 cm³/mol. The van der Waals surface area contributed by atoms with Crippen LogP contribution in [0.1, 0.15) is 17.7 Å². The largest absolute Gasteiger partial charge is 0.316 e. The van der Waals surface area contributed by atoms with E-state index in [1.165, 1.54) is 11.3 Å². The van der Waals surface area contributed by atoms with Crippen LogP contribution in [-0.4, -0.2) is 37.9 Å². The van der Waals surface area contributed by atoms with Gasteiger partial charge in [-0.3, -0.25) is 0 Å². The van der Waals surface area contributed by atoms with Crippen molar-refractivity contribution in [2.45, 2.75) is 36.1 Å². The quantitative estimate of drug-likeness (QED) is 0.898. The summed E-state index contributed by atoms with van der Waals surface area (Å²) in [6.07, 6.45) is 2.08. The van der Waals surface area contributed by atoms with Gasteiger partial charge in [0.05, 0.1) is 0 Å². The third kappa shape index (κ3) is 1.89. The zero-order chi connectivity index (χ0) is 13.2. The first-order valence-electron chi connectivity index (χ1n) is 6.90. The van der Waals surface area contributed by atoms with Gasteiger partial charge in [0.25, 0.3) is 10.0 Å². The Hall–Kier alpha value is -0.140. The number of thiophene rings is 1. The van der Waals surface area contributed by atoms with Gasteiger partial charge in [0, 0.05) is 17.0 Å². The van der Waals surface area contributed by atoms with Crippen LogP contribution in [0.3, 0.4) is 0 Å². The molecule has 0 unspecified atom stereocenters. The van der Waals surface area contributed by atoms with Crippen molar-refractivity contribution in [2.75, 3.05) is 13.1 Å². The molecule has 7 heteroatoms. The predicted octanol–water partition coefficient (Wildman–Crippen LogP) is 1.85. The normalized spacial score (nSPS) is 36.0. The average molecular weight is 335 g/mol. The minimum absolute atomic E-state index is 0. The summed E-state index contributed by atoms with van der Waals surface area (Å²) >= 11 is 1.40. The maximum atomic E-state index is 12.9. The maximum absolute atomic E-state index is 12.9. The molecule has 1 N–H and O–H groups in total. The molecule has 3 saturated heterocycles. The summed E-state index contributed by atoms with van der Waals surface area (Å²) in [6.45, 7) is 3.93. The Labute approximate surface area is 130 Å². The Kier molecular flexibility index (Phi) is 3.66. The summed E-state index contributed by atoms with van der Waals surface area (Å²) in [7, 11) is -3.27. The molecule has 2 bridgehead atoms. The van der Waals surface area contributed by atoms with Crippen molar-refractivity contribution >= 4 is 33.8 Å². The zero-order valence-corrected chi connectivity index (χ0v) is 13.7. The standard InChI is InChI=1S/C13H18N2O2S2.ClH/c1-8-2-5-13(18-8)19(16,17)15-11-3-4-12(15)10-7-14-6-9(10)11;/h2,5,9-12,14H,3-4,6-7H2,1H3;1H/t9-,10+,11-,12+;. The van der Waals surface area contributed by atoms with Gasteiger partial charge < -0.3 is 5.32 Å². The topological polar surface area (TPSA) is 49.4 Å². The average Bonchev–Trinajstić information content (AvgIpc) is 3.09. The molecule has 112 valence electrons. The SMILES string of the molecule is Cc1ccc(S(=O)(=O)N2[C@@H]3CC[C@H]2[C@H]2CNC[C@H]23)s1.Cl. The van der Waals surface area contributed by atoms with Crippen molar-refractivity contribution in [2.24, 2.45) is 11.8 Å². The smallest absolute Gasteiger partial charge is 0.253 e. The van der Waals surface area contributed by atoms with E-state index in [0.29, 0.717) is 16.0 Å². The van der Waals surface area contributed by atoms with Crippen LogP contribution in [0.15, 0.2) is 16.3 Å². The molecule has 1 aromatic rings. The summed E-state index contributed by atoms with van der Waals surface area (Å²) in [5.74, 6) is 1.07. The number of nitrogens with one attached hydrogen (secondary N) is 1. The van der Waals surface area contributed by atoms with Crippen LogP contribution < -0.4 is 5.32 Å². The monoisotopic (exact) mass is 334 g/mol. The zero-order valence-electron chi connectivity index (χ0n) is 11.3. The fourth-order valence-electron chi connectivity index (χ4n) is 4.22. The van der Waals surface area contributed by atoms with E-state index in [-0.39, 0.29) is 24.5 Å². The molecular formula is C13H19ClN2O2S2. The van der Waals surface area contributed by atoms with Gasteiger partial charge in [-0.25, -0.2) is 8.42 Å². The molecule has 3 aliphatic rings. The molecule has 0 radical (unpaired) electrons. The number of nitrogens with zero attached hydrogens (tertiary/aromatic N) is 1. The van der Waals surface area contributed by atoms with Gasteiger partial charge in [-0.05, 0) is 56.8 Å². The van der Waals surface area contributed by atoms with E-state index in [1.54, 1.807) is 6.07 Å². The molecule has 1 aromatic heterocycles. The fourth-order valence-corrected chi connectivity index (χ4v) is 7.57. The van der Waals surface area contributed by atoms with Crippen molar-refractivity contribution < 1.29 is 8.42 Å². The molecular weight excluding hydrogens is 316 g/mol. The number of halogens is 1. The van der Waals surface area contributed by atoms with Crippen molar-refractivity contribution in [1.82, 2.24) is 9.62 Å². The molecule has 0 aliphatic carbocycles. The second kappa shape index (κ2) is 4.95. The molecule has 0 aromatic carbocycles. The van der Waals surface area contributed by atoms with Crippen LogP contribution in [-0.2, 0) is 10.0 Å². The van der Waals surface area contributed by atoms with Crippen molar-refractivity contribution in [3.63, 3.8) is 0 Å². The Balaban J connectivity index is 0.00000121. The number of hydrogen-bond acceptors (Lipinski definition) is 4. The molecule has 4 atom stereocenters. The highest BCUT2D eigenvalue weighted by Crippen LogP contribution is 2.50. The van der Waals surface area contributed by atoms with Crippen LogP contribution in [0.2, 0.25) is 0 Å². The van der Waals surface area contributed by atoms with E-state index in [4.69, 9.17) is 0 Å². The molecule has 20 heavy (non-hydrogen) atoms. The van der Waals surface area contributed by atoms with Gasteiger partial charge in [-0.1, -0.05) is 0 Å². The van der Waals surface area contributed by atoms with Crippen LogP contribution in [0, 0.1) is 18.8 Å². The summed E-state index contributed by atoms with van der Waals surface area (Å²) in [4.78, 5) is 1.06. The number of hydrogen-bond donors (Lipinski definition) is 1. The lowest BCUT2D eigenvalue weighted by molar-refractivity contribution is 0.354. The molecule has 3 fully saturated rings. The van der Waals surface area contributed by atoms with Gasteiger partial charge >= 0.3 is 0 Å². The third-order valence-corrected chi connectivity index (χ3v) is 8.38. The van der Waals surface area contributed by atoms with Crippen LogP contribution >= 0.6 is 23.7 Å². The highest BCUT2D eigenvalue weighted by atomic mass is 35.5. The van der Waals surface area contributed by atoms with Gasteiger partial charge in [-0.2, -0.15) is 4.31 Å². The number of rotatable bonds is 2. The summed E-state index contributed by atoms with van der Waals surface area (Å²) < 4.78 is 28.1. The van der Waals surface area contributed by atoms with Gasteiger partial charge in [0.15, 0.2) is 0 Å². The minimum Gasteiger partial charge on any atom is -0.316 e. The molecule has 4 nitrogen and oxygen atoms in total. The molecule has 0 spiro atoms. The van der Waals surface area contributed by atoms with E-state index in [2.05, 4.69) is 5.32 Å². The van der Waals surface area contributed by atoms with Gasteiger partial charge in [-0.15, -0.1) is 23.7 Å². The first-order valence-corrected chi connectivity index (χ1v) is 9.15. The Morgan fingerprint density at radius 1 is 1.20 bits per heavy atom. The molecule has 0 saturated carbocycles. The third-order valence-electron chi connectivity index (χ3n) is 4.96. The first-order chi connectivity index (χ1) is 9.09. The van der Waals surface area contributed by atoms with Crippen LogP contribution in [0.25, 0.3) is 0 Å². The van der Waals surface area contributed by atoms with E-state index in [1.807, 2.05) is 17.3 Å². The minimum atomic E-state index is -3.27. The lowest BCUT2D eigenvalue weighted by Crippen LogP contribution is -2.38. The maximum Gasteiger partial charge on any atom is 0.253 e. The Bertz CT molecular complexity index is 598. The molecule has 0 amide bonds. The number of aryl methyl sites for hydroxylation is 1.